The molecule has 0 spiro atoms. The number of alkyl halides is 2. The predicted octanol–water partition coefficient (Wildman–Crippen LogP) is 3.40. The third-order valence-electron chi connectivity index (χ3n) is 6.64. The van der Waals surface area contributed by atoms with Gasteiger partial charge in [0.15, 0.2) is 5.65 Å². The number of carbonyl (C=O) groups is 1. The molecular weight excluding hydrogens is 430 g/mol. The summed E-state index contributed by atoms with van der Waals surface area (Å²) >= 11 is 0. The van der Waals surface area contributed by atoms with Crippen LogP contribution < -0.4 is 10.6 Å². The first-order valence-corrected chi connectivity index (χ1v) is 11.4. The Balaban J connectivity index is 1.26. The van der Waals surface area contributed by atoms with Crippen LogP contribution in [0.15, 0.2) is 41.5 Å². The molecule has 4 heterocycles. The largest absolute Gasteiger partial charge is 0.350 e. The Kier molecular flexibility index (Phi) is 4.53. The molecule has 33 heavy (non-hydrogen) atoms. The second-order valence-electron chi connectivity index (χ2n) is 9.23. The summed E-state index contributed by atoms with van der Waals surface area (Å²) in [6, 6.07) is 7.79. The lowest BCUT2D eigenvalue weighted by atomic mass is 10.1. The van der Waals surface area contributed by atoms with Crippen LogP contribution in [0, 0.1) is 0 Å². The maximum Gasteiger partial charge on any atom is 0.350 e. The lowest BCUT2D eigenvalue weighted by Crippen LogP contribution is -2.42. The van der Waals surface area contributed by atoms with E-state index in [4.69, 9.17) is 0 Å². The number of fused-ring (bicyclic) bond motifs is 1. The number of piperidine rings is 1. The van der Waals surface area contributed by atoms with Crippen molar-refractivity contribution in [1.82, 2.24) is 24.1 Å². The minimum atomic E-state index is -2.69. The molecular formula is C23H24F2N6O2. The number of hydrogen-bond donors (Lipinski definition) is 0. The molecule has 3 aliphatic rings. The van der Waals surface area contributed by atoms with Gasteiger partial charge >= 0.3 is 5.69 Å². The van der Waals surface area contributed by atoms with Crippen LogP contribution in [0.5, 0.6) is 0 Å². The van der Waals surface area contributed by atoms with Gasteiger partial charge in [-0.25, -0.2) is 23.2 Å². The highest BCUT2D eigenvalue weighted by Gasteiger charge is 2.36. The van der Waals surface area contributed by atoms with Crippen LogP contribution >= 0.6 is 0 Å². The van der Waals surface area contributed by atoms with Crippen LogP contribution in [0.1, 0.15) is 54.9 Å². The number of hydrogen-bond acceptors (Lipinski definition) is 5. The van der Waals surface area contributed by atoms with E-state index in [2.05, 4.69) is 15.0 Å². The molecule has 0 N–H and O–H groups in total. The fraction of sp³-hybridized carbons (Fsp3) is 0.478. The van der Waals surface area contributed by atoms with Crippen LogP contribution in [-0.4, -0.2) is 55.0 Å². The minimum absolute atomic E-state index is 0.0503. The zero-order valence-electron chi connectivity index (χ0n) is 18.0. The van der Waals surface area contributed by atoms with Gasteiger partial charge in [0.2, 0.25) is 0 Å². The first-order chi connectivity index (χ1) is 15.9. The van der Waals surface area contributed by atoms with Crippen molar-refractivity contribution in [3.05, 3.63) is 52.7 Å². The molecule has 1 aliphatic heterocycles. The van der Waals surface area contributed by atoms with E-state index >= 15 is 0 Å². The summed E-state index contributed by atoms with van der Waals surface area (Å²) in [6.45, 7) is 0.101. The van der Waals surface area contributed by atoms with Crippen LogP contribution in [0.4, 0.5) is 20.3 Å². The van der Waals surface area contributed by atoms with Crippen molar-refractivity contribution in [3.8, 4) is 0 Å². The maximum absolute atomic E-state index is 13.4. The Hall–Kier alpha value is -3.30. The Morgan fingerprint density at radius 2 is 1.85 bits per heavy atom. The average Bonchev–Trinajstić information content (AvgIpc) is 3.73. The molecule has 8 nitrogen and oxygen atoms in total. The predicted molar refractivity (Wildman–Crippen MR) is 117 cm³/mol. The molecule has 1 amide bonds. The van der Waals surface area contributed by atoms with Crippen LogP contribution in [-0.2, 0) is 0 Å². The van der Waals surface area contributed by atoms with Gasteiger partial charge in [0.25, 0.3) is 11.8 Å². The normalized spacial score (nSPS) is 20.2. The van der Waals surface area contributed by atoms with Crippen LogP contribution in [0.25, 0.3) is 5.65 Å². The van der Waals surface area contributed by atoms with E-state index in [0.29, 0.717) is 23.1 Å². The summed E-state index contributed by atoms with van der Waals surface area (Å²) < 4.78 is 29.9. The first kappa shape index (κ1) is 20.3. The molecule has 3 aromatic heterocycles. The topological polar surface area (TPSA) is 75.7 Å². The van der Waals surface area contributed by atoms with E-state index in [0.717, 1.165) is 31.4 Å². The van der Waals surface area contributed by atoms with Crippen molar-refractivity contribution >= 4 is 23.1 Å². The van der Waals surface area contributed by atoms with E-state index in [1.807, 2.05) is 12.1 Å². The van der Waals surface area contributed by atoms with E-state index in [-0.39, 0.29) is 43.6 Å². The maximum atomic E-state index is 13.4. The summed E-state index contributed by atoms with van der Waals surface area (Å²) in [6.07, 6.45) is 6.68. The fourth-order valence-corrected chi connectivity index (χ4v) is 4.42. The van der Waals surface area contributed by atoms with E-state index in [1.54, 1.807) is 27.4 Å². The molecule has 6 rings (SSSR count). The molecule has 0 radical (unpaired) electrons. The standard InChI is InChI=1S/C23H24F2N6O2/c24-23(25)8-11-28(12-9-23)21(32)15-1-6-19(26-14-15)30(16-2-3-16)18-7-10-29-20(13-18)27-31(22(29)33)17-4-5-17/h1,6-7,10,13-14,16-17H,2-5,8-9,11-12H2. The molecule has 2 aliphatic carbocycles. The SMILES string of the molecule is O=C(c1ccc(N(c2ccn3c(=O)n(C4CC4)nc3c2)C2CC2)nc1)N1CCC(F)(F)CC1. The molecule has 172 valence electrons. The van der Waals surface area contributed by atoms with Crippen LogP contribution in [0.3, 0.4) is 0 Å². The Morgan fingerprint density at radius 1 is 1.09 bits per heavy atom. The van der Waals surface area contributed by atoms with Crippen LogP contribution in [0.2, 0.25) is 0 Å². The molecule has 1 saturated heterocycles. The lowest BCUT2D eigenvalue weighted by molar-refractivity contribution is -0.0494. The minimum Gasteiger partial charge on any atom is -0.338 e. The summed E-state index contributed by atoms with van der Waals surface area (Å²) in [4.78, 5) is 33.4. The number of anilines is 2. The van der Waals surface area contributed by atoms with E-state index in [1.165, 1.54) is 11.1 Å². The zero-order chi connectivity index (χ0) is 22.7. The molecule has 0 atom stereocenters. The zero-order valence-corrected chi connectivity index (χ0v) is 18.0. The number of pyridine rings is 2. The van der Waals surface area contributed by atoms with Gasteiger partial charge < -0.3 is 9.80 Å². The Morgan fingerprint density at radius 3 is 2.48 bits per heavy atom. The number of halogens is 2. The van der Waals surface area contributed by atoms with Crippen molar-refractivity contribution in [2.24, 2.45) is 0 Å². The summed E-state index contributed by atoms with van der Waals surface area (Å²) in [5, 5.41) is 4.51. The first-order valence-electron chi connectivity index (χ1n) is 11.4. The molecule has 0 aromatic carbocycles. The Labute approximate surface area is 188 Å². The number of amides is 1. The number of likely N-dealkylation sites (tertiary alicyclic amines) is 1. The van der Waals surface area contributed by atoms with E-state index in [9.17, 15) is 18.4 Å². The van der Waals surface area contributed by atoms with Gasteiger partial charge in [-0.2, -0.15) is 0 Å². The smallest absolute Gasteiger partial charge is 0.338 e. The number of carbonyl (C=O) groups excluding carboxylic acids is 1. The Bertz CT molecular complexity index is 1270. The molecule has 3 fully saturated rings. The van der Waals surface area contributed by atoms with Crippen molar-refractivity contribution in [2.75, 3.05) is 18.0 Å². The van der Waals surface area contributed by atoms with Gasteiger partial charge in [-0.3, -0.25) is 9.20 Å². The highest BCUT2D eigenvalue weighted by molar-refractivity contribution is 5.94. The van der Waals surface area contributed by atoms with Gasteiger partial charge in [0.1, 0.15) is 5.82 Å². The monoisotopic (exact) mass is 454 g/mol. The summed E-state index contributed by atoms with van der Waals surface area (Å²) in [7, 11) is 0. The van der Waals surface area contributed by atoms with Gasteiger partial charge in [0.05, 0.1) is 11.6 Å². The second-order valence-corrected chi connectivity index (χ2v) is 9.23. The molecule has 0 unspecified atom stereocenters. The van der Waals surface area contributed by atoms with Crippen molar-refractivity contribution < 1.29 is 13.6 Å². The van der Waals surface area contributed by atoms with Gasteiger partial charge in [-0.1, -0.05) is 0 Å². The van der Waals surface area contributed by atoms with Gasteiger partial charge in [-0.05, 0) is 43.9 Å². The summed E-state index contributed by atoms with van der Waals surface area (Å²) in [5.41, 5.74) is 1.77. The lowest BCUT2D eigenvalue weighted by Gasteiger charge is -2.31. The van der Waals surface area contributed by atoms with Crippen molar-refractivity contribution in [2.45, 2.75) is 56.5 Å². The third-order valence-corrected chi connectivity index (χ3v) is 6.64. The van der Waals surface area contributed by atoms with E-state index < -0.39 is 5.92 Å². The van der Waals surface area contributed by atoms with Crippen molar-refractivity contribution in [1.29, 1.82) is 0 Å². The fourth-order valence-electron chi connectivity index (χ4n) is 4.42. The third kappa shape index (κ3) is 3.77. The summed E-state index contributed by atoms with van der Waals surface area (Å²) in [5.74, 6) is -2.26. The second kappa shape index (κ2) is 7.36. The van der Waals surface area contributed by atoms with Gasteiger partial charge in [-0.15, -0.1) is 5.10 Å². The molecule has 0 bridgehead atoms. The average molecular weight is 454 g/mol. The highest BCUT2D eigenvalue weighted by Crippen LogP contribution is 2.38. The number of aromatic nitrogens is 4. The molecule has 10 heteroatoms. The van der Waals surface area contributed by atoms with Gasteiger partial charge in [0, 0.05) is 56.1 Å². The number of nitrogens with zero attached hydrogens (tertiary/aromatic N) is 6. The highest BCUT2D eigenvalue weighted by atomic mass is 19.3. The quantitative estimate of drug-likeness (QED) is 0.591. The number of rotatable bonds is 5. The molecule has 3 aromatic rings. The van der Waals surface area contributed by atoms with Crippen molar-refractivity contribution in [3.63, 3.8) is 0 Å². The molecule has 2 saturated carbocycles.